The minimum Gasteiger partial charge on any atom is -0.478 e. The molecule has 0 radical (unpaired) electrons. The van der Waals surface area contributed by atoms with Gasteiger partial charge < -0.3 is 15.0 Å². The summed E-state index contributed by atoms with van der Waals surface area (Å²) in [5.41, 5.74) is -3.00. The first kappa shape index (κ1) is 18.7. The minimum atomic E-state index is -4.94. The number of aromatic amines is 1. The summed E-state index contributed by atoms with van der Waals surface area (Å²) in [5, 5.41) is 2.24. The number of nitrogens with zero attached hydrogens (tertiary/aromatic N) is 3. The van der Waals surface area contributed by atoms with E-state index in [0.29, 0.717) is 6.07 Å². The highest BCUT2D eigenvalue weighted by atomic mass is 19.4. The first-order valence-electron chi connectivity index (χ1n) is 7.02. The number of hydrogen-bond donors (Lipinski definition) is 2. The smallest absolute Gasteiger partial charge is 0.449 e. The summed E-state index contributed by atoms with van der Waals surface area (Å²) in [4.78, 5) is 12.5. The highest BCUT2D eigenvalue weighted by Gasteiger charge is 2.36. The topological polar surface area (TPSA) is 75.7 Å². The number of anilines is 2. The average molecular weight is 395 g/mol. The van der Waals surface area contributed by atoms with Crippen LogP contribution in [-0.2, 0) is 12.4 Å². The third kappa shape index (κ3) is 3.57. The molecule has 2 heterocycles. The number of imidazole rings is 1. The third-order valence-corrected chi connectivity index (χ3v) is 3.32. The Bertz CT molecular complexity index is 996. The monoisotopic (exact) mass is 395 g/mol. The number of benzene rings is 1. The molecule has 2 N–H and O–H groups in total. The van der Waals surface area contributed by atoms with Gasteiger partial charge in [-0.1, -0.05) is 6.07 Å². The van der Waals surface area contributed by atoms with Crippen molar-refractivity contribution < 1.29 is 35.5 Å². The standard InChI is InChI=1S/C14H8F7N5O/c1-27-11-10(22-6-4-2-3-5(7(6)15)13(16,17)18)23-8-9(24-11)26-12(25-8)14(19,20)21/h2-4H,1H3,(H2,22,23,24,25,26). The second-order valence-corrected chi connectivity index (χ2v) is 5.13. The molecule has 0 spiro atoms. The molecule has 3 rings (SSSR count). The van der Waals surface area contributed by atoms with E-state index in [1.165, 1.54) is 0 Å². The highest BCUT2D eigenvalue weighted by molar-refractivity contribution is 5.73. The van der Waals surface area contributed by atoms with Gasteiger partial charge in [-0.3, -0.25) is 0 Å². The van der Waals surface area contributed by atoms with Crippen molar-refractivity contribution in [3.63, 3.8) is 0 Å². The zero-order chi connectivity index (χ0) is 20.0. The molecule has 2 aromatic heterocycles. The van der Waals surface area contributed by atoms with Crippen LogP contribution in [0.25, 0.3) is 11.3 Å². The Kier molecular flexibility index (Phi) is 4.32. The van der Waals surface area contributed by atoms with Gasteiger partial charge >= 0.3 is 12.4 Å². The quantitative estimate of drug-likeness (QED) is 0.648. The lowest BCUT2D eigenvalue weighted by Crippen LogP contribution is -2.10. The zero-order valence-corrected chi connectivity index (χ0v) is 13.1. The van der Waals surface area contributed by atoms with Crippen molar-refractivity contribution >= 4 is 22.8 Å². The summed E-state index contributed by atoms with van der Waals surface area (Å²) in [6, 6.07) is 2.48. The van der Waals surface area contributed by atoms with E-state index in [-0.39, 0.29) is 5.88 Å². The summed E-state index contributed by atoms with van der Waals surface area (Å²) in [6.45, 7) is 0. The van der Waals surface area contributed by atoms with Crippen LogP contribution in [0.3, 0.4) is 0 Å². The summed E-state index contributed by atoms with van der Waals surface area (Å²) in [5.74, 6) is -3.78. The van der Waals surface area contributed by atoms with Crippen molar-refractivity contribution in [2.45, 2.75) is 12.4 Å². The normalized spacial score (nSPS) is 12.4. The van der Waals surface area contributed by atoms with Crippen LogP contribution < -0.4 is 10.1 Å². The Labute approximate surface area is 145 Å². The van der Waals surface area contributed by atoms with Crippen LogP contribution in [-0.4, -0.2) is 27.0 Å². The van der Waals surface area contributed by atoms with Crippen molar-refractivity contribution in [2.24, 2.45) is 0 Å². The van der Waals surface area contributed by atoms with Gasteiger partial charge in [0.25, 0.3) is 5.88 Å². The molecule has 0 aliphatic heterocycles. The van der Waals surface area contributed by atoms with Gasteiger partial charge in [-0.25, -0.2) is 14.4 Å². The van der Waals surface area contributed by atoms with E-state index in [2.05, 4.69) is 20.3 Å². The van der Waals surface area contributed by atoms with Crippen LogP contribution in [0.2, 0.25) is 0 Å². The van der Waals surface area contributed by atoms with Crippen LogP contribution in [0.15, 0.2) is 18.2 Å². The second kappa shape index (κ2) is 6.25. The molecule has 0 aliphatic rings. The van der Waals surface area contributed by atoms with Gasteiger partial charge in [-0.2, -0.15) is 31.3 Å². The lowest BCUT2D eigenvalue weighted by molar-refractivity contribution is -0.144. The number of nitrogens with one attached hydrogen (secondary N) is 2. The molecule has 0 unspecified atom stereocenters. The van der Waals surface area contributed by atoms with E-state index in [1.807, 2.05) is 4.98 Å². The fourth-order valence-electron chi connectivity index (χ4n) is 2.15. The number of H-pyrrole nitrogens is 1. The maximum atomic E-state index is 14.1. The molecule has 6 nitrogen and oxygen atoms in total. The number of methoxy groups -OCH3 is 1. The van der Waals surface area contributed by atoms with Crippen molar-refractivity contribution in [1.82, 2.24) is 19.9 Å². The minimum absolute atomic E-state index is 0.389. The predicted molar refractivity (Wildman–Crippen MR) is 77.9 cm³/mol. The van der Waals surface area contributed by atoms with E-state index < -0.39 is 52.4 Å². The lowest BCUT2D eigenvalue weighted by atomic mass is 10.1. The van der Waals surface area contributed by atoms with Gasteiger partial charge in [0.2, 0.25) is 11.5 Å². The summed E-state index contributed by atoms with van der Waals surface area (Å²) in [7, 11) is 1.10. The number of alkyl halides is 6. The van der Waals surface area contributed by atoms with Crippen LogP contribution in [0.1, 0.15) is 11.4 Å². The van der Waals surface area contributed by atoms with Crippen molar-refractivity contribution in [1.29, 1.82) is 0 Å². The Morgan fingerprint density at radius 3 is 2.30 bits per heavy atom. The summed E-state index contributed by atoms with van der Waals surface area (Å²) in [6.07, 6.45) is -9.73. The number of rotatable bonds is 3. The molecular weight excluding hydrogens is 387 g/mol. The van der Waals surface area contributed by atoms with Gasteiger partial charge in [-0.15, -0.1) is 0 Å². The molecule has 1 aromatic carbocycles. The Morgan fingerprint density at radius 1 is 1.00 bits per heavy atom. The van der Waals surface area contributed by atoms with Crippen molar-refractivity contribution in [2.75, 3.05) is 12.4 Å². The Hall–Kier alpha value is -3.12. The van der Waals surface area contributed by atoms with E-state index >= 15 is 0 Å². The Morgan fingerprint density at radius 2 is 1.70 bits per heavy atom. The Balaban J connectivity index is 2.07. The van der Waals surface area contributed by atoms with E-state index in [9.17, 15) is 30.7 Å². The lowest BCUT2D eigenvalue weighted by Gasteiger charge is -2.13. The van der Waals surface area contributed by atoms with Gasteiger partial charge in [0.05, 0.1) is 18.4 Å². The van der Waals surface area contributed by atoms with Gasteiger partial charge in [0.15, 0.2) is 17.3 Å². The molecule has 144 valence electrons. The zero-order valence-electron chi connectivity index (χ0n) is 13.1. The van der Waals surface area contributed by atoms with Crippen molar-refractivity contribution in [3.05, 3.63) is 35.4 Å². The SMILES string of the molecule is COc1nc2nc(C(F)(F)F)[nH]c2nc1Nc1cccc(C(F)(F)F)c1F. The molecule has 0 saturated carbocycles. The molecule has 0 amide bonds. The van der Waals surface area contributed by atoms with Crippen LogP contribution in [0.5, 0.6) is 5.88 Å². The number of hydrogen-bond acceptors (Lipinski definition) is 5. The van der Waals surface area contributed by atoms with Crippen LogP contribution >= 0.6 is 0 Å². The molecule has 3 aromatic rings. The maximum Gasteiger partial charge on any atom is 0.449 e. The number of aromatic nitrogens is 4. The number of fused-ring (bicyclic) bond motifs is 1. The van der Waals surface area contributed by atoms with Crippen LogP contribution in [0.4, 0.5) is 42.2 Å². The first-order valence-corrected chi connectivity index (χ1v) is 7.02. The average Bonchev–Trinajstić information content (AvgIpc) is 2.98. The van der Waals surface area contributed by atoms with Crippen LogP contribution in [0, 0.1) is 5.82 Å². The largest absolute Gasteiger partial charge is 0.478 e. The van der Waals surface area contributed by atoms with E-state index in [0.717, 1.165) is 19.2 Å². The first-order chi connectivity index (χ1) is 12.5. The predicted octanol–water partition coefficient (Wildman–Crippen LogP) is 4.28. The molecule has 0 atom stereocenters. The summed E-state index contributed by atoms with van der Waals surface area (Å²) >= 11 is 0. The third-order valence-electron chi connectivity index (χ3n) is 3.32. The molecule has 0 saturated heterocycles. The molecule has 0 aliphatic carbocycles. The van der Waals surface area contributed by atoms with Gasteiger partial charge in [-0.05, 0) is 12.1 Å². The summed E-state index contributed by atoms with van der Waals surface area (Å²) < 4.78 is 95.5. The molecule has 0 bridgehead atoms. The van der Waals surface area contributed by atoms with Gasteiger partial charge in [0, 0.05) is 0 Å². The fraction of sp³-hybridized carbons (Fsp3) is 0.214. The van der Waals surface area contributed by atoms with E-state index in [1.54, 1.807) is 0 Å². The number of halogens is 7. The highest BCUT2D eigenvalue weighted by Crippen LogP contribution is 2.36. The van der Waals surface area contributed by atoms with Gasteiger partial charge in [0.1, 0.15) is 0 Å². The molecule has 0 fully saturated rings. The second-order valence-electron chi connectivity index (χ2n) is 5.13. The van der Waals surface area contributed by atoms with Crippen molar-refractivity contribution in [3.8, 4) is 5.88 Å². The molecular formula is C14H8F7N5O. The maximum absolute atomic E-state index is 14.1. The molecule has 13 heteroatoms. The van der Waals surface area contributed by atoms with E-state index in [4.69, 9.17) is 4.74 Å². The number of ether oxygens (including phenoxy) is 1. The fourth-order valence-corrected chi connectivity index (χ4v) is 2.15. The molecule has 27 heavy (non-hydrogen) atoms.